The van der Waals surface area contributed by atoms with Gasteiger partial charge in [0.25, 0.3) is 0 Å². The van der Waals surface area contributed by atoms with Crippen molar-refractivity contribution >= 4 is 33.6 Å². The van der Waals surface area contributed by atoms with Crippen molar-refractivity contribution in [3.63, 3.8) is 0 Å². The molecule has 0 bridgehead atoms. The summed E-state index contributed by atoms with van der Waals surface area (Å²) in [6, 6.07) is 6.22. The molecule has 0 unspecified atom stereocenters. The zero-order valence-corrected chi connectivity index (χ0v) is 11.0. The predicted molar refractivity (Wildman–Crippen MR) is 70.9 cm³/mol. The molecule has 0 aliphatic heterocycles. The van der Waals surface area contributed by atoms with Crippen LogP contribution in [0.5, 0.6) is 0 Å². The Bertz CT molecular complexity index is 488. The van der Waals surface area contributed by atoms with E-state index in [1.807, 2.05) is 0 Å². The van der Waals surface area contributed by atoms with Gasteiger partial charge in [0.1, 0.15) is 11.3 Å². The van der Waals surface area contributed by atoms with Crippen LogP contribution >= 0.6 is 22.6 Å². The maximum Gasteiger partial charge on any atom is 0.147 e. The number of hydrogen-bond acceptors (Lipinski definition) is 2. The van der Waals surface area contributed by atoms with E-state index in [-0.39, 0.29) is 0 Å². The Labute approximate surface area is 103 Å². The maximum atomic E-state index is 5.81. The minimum absolute atomic E-state index is 0.447. The molecule has 3 heteroatoms. The van der Waals surface area contributed by atoms with E-state index in [0.717, 1.165) is 14.9 Å². The van der Waals surface area contributed by atoms with Crippen LogP contribution < -0.4 is 5.73 Å². The molecule has 80 valence electrons. The predicted octanol–water partition coefficient (Wildman–Crippen LogP) is 3.62. The number of para-hydroxylation sites is 1. The molecule has 2 rings (SSSR count). The van der Waals surface area contributed by atoms with Crippen LogP contribution in [0.3, 0.4) is 0 Å². The molecular weight excluding hydrogens is 301 g/mol. The summed E-state index contributed by atoms with van der Waals surface area (Å²) in [6.07, 6.45) is 0. The number of hydrogen-bond donors (Lipinski definition) is 1. The molecule has 0 spiro atoms. The fourth-order valence-electron chi connectivity index (χ4n) is 1.94. The molecule has 2 aromatic rings. The molecule has 1 aromatic carbocycles. The molecule has 0 aliphatic rings. The normalized spacial score (nSPS) is 11.5. The minimum Gasteiger partial charge on any atom is -0.458 e. The van der Waals surface area contributed by atoms with Crippen LogP contribution in [0.2, 0.25) is 0 Å². The summed E-state index contributed by atoms with van der Waals surface area (Å²) in [6.45, 7) is 4.81. The van der Waals surface area contributed by atoms with E-state index in [4.69, 9.17) is 10.2 Å². The van der Waals surface area contributed by atoms with Crippen molar-refractivity contribution in [1.29, 1.82) is 0 Å². The standard InChI is InChI=1S/C12H14INO/c1-7(2)11-8-4-3-5-9(13)12(8)15-10(11)6-14/h3-5,7H,6,14H2,1-2H3. The van der Waals surface area contributed by atoms with Crippen LogP contribution in [0.1, 0.15) is 31.1 Å². The topological polar surface area (TPSA) is 39.2 Å². The Hall–Kier alpha value is -0.550. The molecule has 1 aromatic heterocycles. The van der Waals surface area contributed by atoms with Gasteiger partial charge in [-0.1, -0.05) is 26.0 Å². The lowest BCUT2D eigenvalue weighted by atomic mass is 9.99. The third-order valence-electron chi connectivity index (χ3n) is 2.55. The molecule has 0 aliphatic carbocycles. The first-order chi connectivity index (χ1) is 7.15. The molecule has 0 radical (unpaired) electrons. The quantitative estimate of drug-likeness (QED) is 0.860. The number of furan rings is 1. The van der Waals surface area contributed by atoms with Gasteiger partial charge in [0.05, 0.1) is 10.1 Å². The zero-order chi connectivity index (χ0) is 11.0. The molecule has 1 heterocycles. The van der Waals surface area contributed by atoms with Crippen molar-refractivity contribution in [3.05, 3.63) is 33.1 Å². The number of rotatable bonds is 2. The lowest BCUT2D eigenvalue weighted by Crippen LogP contribution is -1.99. The minimum atomic E-state index is 0.447. The number of nitrogens with two attached hydrogens (primary N) is 1. The second-order valence-corrected chi connectivity index (χ2v) is 5.08. The Morgan fingerprint density at radius 2 is 2.13 bits per heavy atom. The third-order valence-corrected chi connectivity index (χ3v) is 3.40. The van der Waals surface area contributed by atoms with Crippen LogP contribution in [-0.2, 0) is 6.54 Å². The molecule has 0 fully saturated rings. The lowest BCUT2D eigenvalue weighted by Gasteiger charge is -2.04. The molecular formula is C12H14INO. The van der Waals surface area contributed by atoms with E-state index in [2.05, 4.69) is 54.6 Å². The van der Waals surface area contributed by atoms with Gasteiger partial charge in [-0.3, -0.25) is 0 Å². The first-order valence-corrected chi connectivity index (χ1v) is 6.13. The molecule has 2 nitrogen and oxygen atoms in total. The first kappa shape index (κ1) is 11.0. The van der Waals surface area contributed by atoms with Crippen LogP contribution in [-0.4, -0.2) is 0 Å². The van der Waals surface area contributed by atoms with E-state index < -0.39 is 0 Å². The smallest absolute Gasteiger partial charge is 0.147 e. The average Bonchev–Trinajstić information content (AvgIpc) is 2.57. The van der Waals surface area contributed by atoms with Crippen molar-refractivity contribution < 1.29 is 4.42 Å². The Morgan fingerprint density at radius 3 is 2.73 bits per heavy atom. The van der Waals surface area contributed by atoms with Gasteiger partial charge in [0.2, 0.25) is 0 Å². The molecule has 0 saturated carbocycles. The van der Waals surface area contributed by atoms with Crippen LogP contribution in [0.15, 0.2) is 22.6 Å². The van der Waals surface area contributed by atoms with E-state index in [9.17, 15) is 0 Å². The monoisotopic (exact) mass is 315 g/mol. The van der Waals surface area contributed by atoms with Gasteiger partial charge in [0, 0.05) is 10.9 Å². The summed E-state index contributed by atoms with van der Waals surface area (Å²) in [5.74, 6) is 1.37. The summed E-state index contributed by atoms with van der Waals surface area (Å²) >= 11 is 2.29. The van der Waals surface area contributed by atoms with Gasteiger partial charge in [-0.25, -0.2) is 0 Å². The highest BCUT2D eigenvalue weighted by Gasteiger charge is 2.16. The molecule has 15 heavy (non-hydrogen) atoms. The fourth-order valence-corrected chi connectivity index (χ4v) is 2.55. The van der Waals surface area contributed by atoms with Crippen molar-refractivity contribution in [2.45, 2.75) is 26.3 Å². The van der Waals surface area contributed by atoms with E-state index >= 15 is 0 Å². The van der Waals surface area contributed by atoms with Gasteiger partial charge in [-0.2, -0.15) is 0 Å². The van der Waals surface area contributed by atoms with Gasteiger partial charge in [-0.05, 0) is 34.6 Å². The first-order valence-electron chi connectivity index (χ1n) is 5.05. The highest BCUT2D eigenvalue weighted by atomic mass is 127. The Morgan fingerprint density at radius 1 is 1.40 bits per heavy atom. The number of benzene rings is 1. The largest absolute Gasteiger partial charge is 0.458 e. The van der Waals surface area contributed by atoms with Crippen molar-refractivity contribution in [3.8, 4) is 0 Å². The number of fused-ring (bicyclic) bond motifs is 1. The summed E-state index contributed by atoms with van der Waals surface area (Å²) in [5.41, 5.74) is 7.94. The molecule has 0 atom stereocenters. The van der Waals surface area contributed by atoms with Gasteiger partial charge >= 0.3 is 0 Å². The summed E-state index contributed by atoms with van der Waals surface area (Å²) < 4.78 is 6.95. The summed E-state index contributed by atoms with van der Waals surface area (Å²) in [4.78, 5) is 0. The van der Waals surface area contributed by atoms with Crippen molar-refractivity contribution in [2.75, 3.05) is 0 Å². The van der Waals surface area contributed by atoms with Crippen LogP contribution in [0.4, 0.5) is 0 Å². The van der Waals surface area contributed by atoms with E-state index in [1.165, 1.54) is 10.9 Å². The summed E-state index contributed by atoms with van der Waals surface area (Å²) in [7, 11) is 0. The highest BCUT2D eigenvalue weighted by Crippen LogP contribution is 2.33. The lowest BCUT2D eigenvalue weighted by molar-refractivity contribution is 0.540. The molecule has 0 amide bonds. The second-order valence-electron chi connectivity index (χ2n) is 3.91. The van der Waals surface area contributed by atoms with Gasteiger partial charge in [-0.15, -0.1) is 0 Å². The molecule has 2 N–H and O–H groups in total. The molecule has 0 saturated heterocycles. The second kappa shape index (κ2) is 4.14. The average molecular weight is 315 g/mol. The van der Waals surface area contributed by atoms with Gasteiger partial charge in [0.15, 0.2) is 0 Å². The fraction of sp³-hybridized carbons (Fsp3) is 0.333. The van der Waals surface area contributed by atoms with Crippen molar-refractivity contribution in [2.24, 2.45) is 5.73 Å². The highest BCUT2D eigenvalue weighted by molar-refractivity contribution is 14.1. The van der Waals surface area contributed by atoms with Crippen molar-refractivity contribution in [1.82, 2.24) is 0 Å². The zero-order valence-electron chi connectivity index (χ0n) is 8.88. The Balaban J connectivity index is 2.80. The van der Waals surface area contributed by atoms with Crippen LogP contribution in [0, 0.1) is 3.57 Å². The summed E-state index contributed by atoms with van der Waals surface area (Å²) in [5, 5.41) is 1.21. The van der Waals surface area contributed by atoms with Crippen LogP contribution in [0.25, 0.3) is 11.0 Å². The van der Waals surface area contributed by atoms with E-state index in [0.29, 0.717) is 12.5 Å². The van der Waals surface area contributed by atoms with Gasteiger partial charge < -0.3 is 10.2 Å². The third kappa shape index (κ3) is 1.78. The van der Waals surface area contributed by atoms with E-state index in [1.54, 1.807) is 0 Å². The number of halogens is 1. The SMILES string of the molecule is CC(C)c1c(CN)oc2c(I)cccc12. The Kier molecular flexibility index (Phi) is 3.02. The maximum absolute atomic E-state index is 5.81.